The van der Waals surface area contributed by atoms with Gasteiger partial charge in [0.2, 0.25) is 0 Å². The fourth-order valence-electron chi connectivity index (χ4n) is 0.211. The van der Waals surface area contributed by atoms with Crippen LogP contribution in [0.2, 0.25) is 0 Å². The molecule has 4 N–H and O–H groups in total. The second-order valence-electron chi connectivity index (χ2n) is 1.41. The molecule has 0 aromatic carbocycles. The minimum atomic E-state index is -5.13. The van der Waals surface area contributed by atoms with Crippen molar-refractivity contribution in [2.75, 3.05) is 0 Å². The standard InChI is InChI=1S/CH4O9P2.2Fe.2Na.2H/c2-1(9-11(3,4)5)10-12(6,7)8;;;;;;/h(H2,3,4,5)(H2,6,7,8);;;;;;. The molecular weight excluding hydrogens is 376 g/mol. The zero-order chi connectivity index (χ0) is 9.99. The van der Waals surface area contributed by atoms with Crippen molar-refractivity contribution < 1.29 is 76.7 Å². The summed E-state index contributed by atoms with van der Waals surface area (Å²) in [5, 5.41) is 0. The Balaban J connectivity index is -0.000000101. The van der Waals surface area contributed by atoms with E-state index in [0.29, 0.717) is 0 Å². The van der Waals surface area contributed by atoms with Crippen molar-refractivity contribution in [1.29, 1.82) is 0 Å². The van der Waals surface area contributed by atoms with Gasteiger partial charge in [0, 0.05) is 34.1 Å². The molecule has 0 aliphatic heterocycles. The molecule has 0 aliphatic rings. The van der Waals surface area contributed by atoms with E-state index in [1.807, 2.05) is 0 Å². The monoisotopic (exact) mass is 382 g/mol. The summed E-state index contributed by atoms with van der Waals surface area (Å²) in [7, 11) is -10.3. The van der Waals surface area contributed by atoms with Crippen molar-refractivity contribution in [3.05, 3.63) is 0 Å². The fourth-order valence-corrected chi connectivity index (χ4v) is 0.733. The molecule has 0 fully saturated rings. The summed E-state index contributed by atoms with van der Waals surface area (Å²) in [5.74, 6) is 0. The minimum absolute atomic E-state index is 0. The Labute approximate surface area is 155 Å². The molecule has 0 radical (unpaired) electrons. The normalized spacial score (nSPS) is 9.25. The number of phosphoric ester groups is 2. The summed E-state index contributed by atoms with van der Waals surface area (Å²) in [6.45, 7) is 0. The molecule has 0 unspecified atom stereocenters. The van der Waals surface area contributed by atoms with Crippen LogP contribution in [-0.2, 0) is 52.3 Å². The zero-order valence-corrected chi connectivity index (χ0v) is 9.93. The molecule has 0 amide bonds. The first kappa shape index (κ1) is 31.2. The van der Waals surface area contributed by atoms with Gasteiger partial charge >= 0.3 is 80.9 Å². The SMILES string of the molecule is O=C(OP(=O)(O)O)OP(=O)(O)O.[Fe].[Fe].[NaH].[NaH]. The van der Waals surface area contributed by atoms with E-state index < -0.39 is 21.8 Å². The summed E-state index contributed by atoms with van der Waals surface area (Å²) < 4.78 is 25.9. The van der Waals surface area contributed by atoms with Gasteiger partial charge < -0.3 is 9.05 Å². The van der Waals surface area contributed by atoms with Gasteiger partial charge in [-0.3, -0.25) is 19.6 Å². The third kappa shape index (κ3) is 25.5. The van der Waals surface area contributed by atoms with Crippen molar-refractivity contribution in [1.82, 2.24) is 0 Å². The fraction of sp³-hybridized carbons (Fsp3) is 0. The zero-order valence-electron chi connectivity index (χ0n) is 5.93. The molecule has 9 nitrogen and oxygen atoms in total. The third-order valence-corrected chi connectivity index (χ3v) is 1.16. The first-order valence-electron chi connectivity index (χ1n) is 2.14. The van der Waals surface area contributed by atoms with Crippen molar-refractivity contribution >= 4 is 80.9 Å². The van der Waals surface area contributed by atoms with E-state index in [1.165, 1.54) is 0 Å². The second kappa shape index (κ2) is 12.6. The van der Waals surface area contributed by atoms with Crippen LogP contribution in [0.25, 0.3) is 0 Å². The van der Waals surface area contributed by atoms with Gasteiger partial charge in [-0.05, 0) is 0 Å². The topological polar surface area (TPSA) is 151 Å². The Hall–Kier alpha value is 2.61. The number of rotatable bonds is 2. The molecule has 0 spiro atoms. The Morgan fingerprint density at radius 3 is 1.12 bits per heavy atom. The first-order valence-corrected chi connectivity index (χ1v) is 5.20. The number of hydrogen-bond acceptors (Lipinski definition) is 5. The molecule has 15 heteroatoms. The third-order valence-electron chi connectivity index (χ3n) is 0.387. The predicted octanol–water partition coefficient (Wildman–Crippen LogP) is -1.98. The summed E-state index contributed by atoms with van der Waals surface area (Å²) >= 11 is 0. The van der Waals surface area contributed by atoms with Gasteiger partial charge in [-0.25, -0.2) is 13.9 Å². The maximum absolute atomic E-state index is 10.0. The van der Waals surface area contributed by atoms with Crippen LogP contribution in [0.3, 0.4) is 0 Å². The van der Waals surface area contributed by atoms with Crippen LogP contribution in [0, 0.1) is 0 Å². The van der Waals surface area contributed by atoms with Crippen LogP contribution in [0.15, 0.2) is 0 Å². The van der Waals surface area contributed by atoms with Gasteiger partial charge in [-0.15, -0.1) is 0 Å². The first-order chi connectivity index (χ1) is 5.10. The Morgan fingerprint density at radius 1 is 0.812 bits per heavy atom. The number of carbonyl (C=O) groups excluding carboxylic acids is 1. The summed E-state index contributed by atoms with van der Waals surface area (Å²) in [6.07, 6.45) is -2.14. The van der Waals surface area contributed by atoms with E-state index in [4.69, 9.17) is 19.6 Å². The Morgan fingerprint density at radius 2 is 1.00 bits per heavy atom. The quantitative estimate of drug-likeness (QED) is 0.315. The summed E-state index contributed by atoms with van der Waals surface area (Å²) in [6, 6.07) is 0. The van der Waals surface area contributed by atoms with Crippen molar-refractivity contribution in [2.24, 2.45) is 0 Å². The van der Waals surface area contributed by atoms with Gasteiger partial charge in [0.05, 0.1) is 0 Å². The van der Waals surface area contributed by atoms with Gasteiger partial charge in [0.25, 0.3) is 0 Å². The molecule has 0 aromatic heterocycles. The molecule has 0 rings (SSSR count). The van der Waals surface area contributed by atoms with E-state index in [9.17, 15) is 13.9 Å². The van der Waals surface area contributed by atoms with Gasteiger partial charge in [0.15, 0.2) is 0 Å². The van der Waals surface area contributed by atoms with Crippen LogP contribution < -0.4 is 0 Å². The van der Waals surface area contributed by atoms with Crippen LogP contribution in [-0.4, -0.2) is 84.8 Å². The summed E-state index contributed by atoms with van der Waals surface area (Å²) in [4.78, 5) is 41.7. The molecule has 16 heavy (non-hydrogen) atoms. The van der Waals surface area contributed by atoms with Crippen LogP contribution in [0.5, 0.6) is 0 Å². The van der Waals surface area contributed by atoms with E-state index in [-0.39, 0.29) is 93.3 Å². The van der Waals surface area contributed by atoms with E-state index >= 15 is 0 Å². The maximum atomic E-state index is 10.0. The predicted molar refractivity (Wildman–Crippen MR) is 46.0 cm³/mol. The number of carbonyl (C=O) groups is 1. The molecule has 0 bridgehead atoms. The molecule has 92 valence electrons. The average molecular weight is 382 g/mol. The van der Waals surface area contributed by atoms with E-state index in [0.717, 1.165) is 0 Å². The van der Waals surface area contributed by atoms with Gasteiger partial charge in [-0.1, -0.05) is 0 Å². The molecule has 0 saturated heterocycles. The molecular formula is CH6Fe2Na2O9P2. The second-order valence-corrected chi connectivity index (χ2v) is 3.74. The Bertz CT molecular complexity index is 245. The van der Waals surface area contributed by atoms with Crippen molar-refractivity contribution in [3.8, 4) is 0 Å². The van der Waals surface area contributed by atoms with Gasteiger partial charge in [0.1, 0.15) is 0 Å². The molecule has 0 aliphatic carbocycles. The van der Waals surface area contributed by atoms with Crippen molar-refractivity contribution in [2.45, 2.75) is 0 Å². The average Bonchev–Trinajstić information content (AvgIpc) is 1.49. The molecule has 0 aromatic rings. The van der Waals surface area contributed by atoms with Crippen molar-refractivity contribution in [3.63, 3.8) is 0 Å². The van der Waals surface area contributed by atoms with E-state index in [2.05, 4.69) is 9.05 Å². The van der Waals surface area contributed by atoms with Crippen LogP contribution in [0.4, 0.5) is 4.79 Å². The number of hydrogen-bond donors (Lipinski definition) is 4. The van der Waals surface area contributed by atoms with Crippen LogP contribution >= 0.6 is 15.6 Å². The molecule has 0 atom stereocenters. The van der Waals surface area contributed by atoms with E-state index in [1.54, 1.807) is 0 Å². The van der Waals surface area contributed by atoms with Gasteiger partial charge in [-0.2, -0.15) is 0 Å². The number of phosphoric acid groups is 2. The van der Waals surface area contributed by atoms with Crippen LogP contribution in [0.1, 0.15) is 0 Å². The Kier molecular flexibility index (Phi) is 24.6. The molecule has 0 saturated carbocycles. The summed E-state index contributed by atoms with van der Waals surface area (Å²) in [5.41, 5.74) is 0. The molecule has 0 heterocycles.